The summed E-state index contributed by atoms with van der Waals surface area (Å²) in [5.74, 6) is 0.463. The Labute approximate surface area is 115 Å². The van der Waals surface area contributed by atoms with Crippen LogP contribution in [0.15, 0.2) is 24.3 Å². The lowest BCUT2D eigenvalue weighted by molar-refractivity contribution is -0.122. The van der Waals surface area contributed by atoms with Crippen molar-refractivity contribution >= 4 is 11.6 Å². The van der Waals surface area contributed by atoms with E-state index >= 15 is 0 Å². The second kappa shape index (κ2) is 6.71. The van der Waals surface area contributed by atoms with E-state index in [0.29, 0.717) is 6.54 Å². The second-order valence-electron chi connectivity index (χ2n) is 5.46. The molecule has 0 aromatic heterocycles. The molecule has 0 saturated heterocycles. The van der Waals surface area contributed by atoms with Crippen LogP contribution in [0.5, 0.6) is 0 Å². The fourth-order valence-corrected chi connectivity index (χ4v) is 2.82. The Hall–Kier alpha value is -1.35. The van der Waals surface area contributed by atoms with Gasteiger partial charge >= 0.3 is 0 Å². The summed E-state index contributed by atoms with van der Waals surface area (Å²) in [6.45, 7) is 0.513. The smallest absolute Gasteiger partial charge is 0.229 e. The zero-order chi connectivity index (χ0) is 13.7. The zero-order valence-corrected chi connectivity index (χ0v) is 11.8. The van der Waals surface area contributed by atoms with E-state index in [1.807, 2.05) is 31.3 Å². The van der Waals surface area contributed by atoms with Crippen molar-refractivity contribution in [2.45, 2.75) is 45.1 Å². The van der Waals surface area contributed by atoms with Gasteiger partial charge in [0.25, 0.3) is 0 Å². The van der Waals surface area contributed by atoms with Crippen molar-refractivity contribution in [1.82, 2.24) is 0 Å². The highest BCUT2D eigenvalue weighted by molar-refractivity contribution is 5.94. The molecule has 3 nitrogen and oxygen atoms in total. The van der Waals surface area contributed by atoms with Gasteiger partial charge in [-0.2, -0.15) is 0 Å². The van der Waals surface area contributed by atoms with Crippen LogP contribution in [-0.2, 0) is 11.3 Å². The van der Waals surface area contributed by atoms with Gasteiger partial charge in [0, 0.05) is 25.2 Å². The maximum atomic E-state index is 12.5. The molecular weight excluding hydrogens is 236 g/mol. The predicted octanol–water partition coefficient (Wildman–Crippen LogP) is 3.08. The molecule has 1 aliphatic carbocycles. The molecule has 2 N–H and O–H groups in total. The van der Waals surface area contributed by atoms with Crippen molar-refractivity contribution in [3.8, 4) is 0 Å². The highest BCUT2D eigenvalue weighted by Crippen LogP contribution is 2.26. The third-order valence-corrected chi connectivity index (χ3v) is 4.07. The van der Waals surface area contributed by atoms with Gasteiger partial charge in [-0.15, -0.1) is 0 Å². The van der Waals surface area contributed by atoms with Gasteiger partial charge in [0.2, 0.25) is 5.91 Å². The van der Waals surface area contributed by atoms with E-state index in [9.17, 15) is 4.79 Å². The van der Waals surface area contributed by atoms with Gasteiger partial charge in [0.1, 0.15) is 0 Å². The van der Waals surface area contributed by atoms with Crippen LogP contribution < -0.4 is 10.6 Å². The Kier molecular flexibility index (Phi) is 4.97. The topological polar surface area (TPSA) is 46.3 Å². The molecule has 1 aromatic carbocycles. The minimum atomic E-state index is 0.203. The fraction of sp³-hybridized carbons (Fsp3) is 0.562. The molecule has 0 aliphatic heterocycles. The number of hydrogen-bond donors (Lipinski definition) is 1. The van der Waals surface area contributed by atoms with Gasteiger partial charge in [-0.3, -0.25) is 4.79 Å². The van der Waals surface area contributed by atoms with Gasteiger partial charge in [-0.05, 0) is 30.5 Å². The van der Waals surface area contributed by atoms with Gasteiger partial charge in [0.15, 0.2) is 0 Å². The number of amides is 1. The molecule has 1 aliphatic rings. The van der Waals surface area contributed by atoms with Gasteiger partial charge in [0.05, 0.1) is 0 Å². The number of benzene rings is 1. The van der Waals surface area contributed by atoms with Crippen LogP contribution in [0.2, 0.25) is 0 Å². The molecule has 3 heteroatoms. The lowest BCUT2D eigenvalue weighted by Crippen LogP contribution is -2.32. The summed E-state index contributed by atoms with van der Waals surface area (Å²) < 4.78 is 0. The first-order valence-corrected chi connectivity index (χ1v) is 7.29. The van der Waals surface area contributed by atoms with Gasteiger partial charge in [-0.1, -0.05) is 37.8 Å². The van der Waals surface area contributed by atoms with Crippen molar-refractivity contribution < 1.29 is 4.79 Å². The number of hydrogen-bond acceptors (Lipinski definition) is 2. The maximum Gasteiger partial charge on any atom is 0.229 e. The van der Waals surface area contributed by atoms with Crippen LogP contribution in [0.4, 0.5) is 5.69 Å². The molecule has 0 heterocycles. The third-order valence-electron chi connectivity index (χ3n) is 4.07. The molecule has 1 fully saturated rings. The number of nitrogens with zero attached hydrogens (tertiary/aromatic N) is 1. The van der Waals surface area contributed by atoms with E-state index < -0.39 is 0 Å². The predicted molar refractivity (Wildman–Crippen MR) is 78.9 cm³/mol. The molecule has 2 rings (SSSR count). The van der Waals surface area contributed by atoms with Crippen LogP contribution in [-0.4, -0.2) is 13.0 Å². The minimum absolute atomic E-state index is 0.203. The Morgan fingerprint density at radius 1 is 1.26 bits per heavy atom. The molecule has 1 saturated carbocycles. The van der Waals surface area contributed by atoms with E-state index in [4.69, 9.17) is 5.73 Å². The van der Waals surface area contributed by atoms with Crippen LogP contribution >= 0.6 is 0 Å². The number of carbonyl (C=O) groups is 1. The van der Waals surface area contributed by atoms with Crippen molar-refractivity contribution in [3.63, 3.8) is 0 Å². The summed E-state index contributed by atoms with van der Waals surface area (Å²) in [4.78, 5) is 14.3. The monoisotopic (exact) mass is 260 g/mol. The maximum absolute atomic E-state index is 12.5. The van der Waals surface area contributed by atoms with E-state index in [0.717, 1.165) is 24.1 Å². The minimum Gasteiger partial charge on any atom is -0.326 e. The summed E-state index contributed by atoms with van der Waals surface area (Å²) in [5, 5.41) is 0. The van der Waals surface area contributed by atoms with Crippen LogP contribution in [0.3, 0.4) is 0 Å². The van der Waals surface area contributed by atoms with Gasteiger partial charge < -0.3 is 10.6 Å². The number of nitrogens with two attached hydrogens (primary N) is 1. The average molecular weight is 260 g/mol. The number of rotatable bonds is 3. The van der Waals surface area contributed by atoms with Crippen molar-refractivity contribution in [1.29, 1.82) is 0 Å². The van der Waals surface area contributed by atoms with Gasteiger partial charge in [-0.25, -0.2) is 0 Å². The quantitative estimate of drug-likeness (QED) is 0.849. The van der Waals surface area contributed by atoms with Crippen LogP contribution in [0, 0.1) is 5.92 Å². The summed E-state index contributed by atoms with van der Waals surface area (Å²) in [6.07, 6.45) is 7.01. The Bertz CT molecular complexity index is 423. The van der Waals surface area contributed by atoms with Crippen molar-refractivity contribution in [3.05, 3.63) is 29.8 Å². The molecule has 0 radical (unpaired) electrons. The largest absolute Gasteiger partial charge is 0.326 e. The molecule has 0 unspecified atom stereocenters. The highest BCUT2D eigenvalue weighted by atomic mass is 16.2. The summed E-state index contributed by atoms with van der Waals surface area (Å²) in [7, 11) is 1.88. The summed E-state index contributed by atoms with van der Waals surface area (Å²) >= 11 is 0. The molecule has 0 bridgehead atoms. The first-order chi connectivity index (χ1) is 9.22. The molecule has 19 heavy (non-hydrogen) atoms. The second-order valence-corrected chi connectivity index (χ2v) is 5.46. The third kappa shape index (κ3) is 3.57. The summed E-state index contributed by atoms with van der Waals surface area (Å²) in [6, 6.07) is 7.95. The number of carbonyl (C=O) groups excluding carboxylic acids is 1. The SMILES string of the molecule is CN(C(=O)C1CCCCCC1)c1cccc(CN)c1. The zero-order valence-electron chi connectivity index (χ0n) is 11.8. The normalized spacial score (nSPS) is 16.9. The Balaban J connectivity index is 2.08. The standard InChI is InChI=1S/C16H24N2O/c1-18(15-10-6-7-13(11-15)12-17)16(19)14-8-4-2-3-5-9-14/h6-7,10-11,14H,2-5,8-9,12,17H2,1H3. The Morgan fingerprint density at radius 3 is 2.58 bits per heavy atom. The summed E-state index contributed by atoms with van der Waals surface area (Å²) in [5.41, 5.74) is 7.68. The lowest BCUT2D eigenvalue weighted by atomic mass is 9.98. The molecular formula is C16H24N2O. The van der Waals surface area contributed by atoms with Crippen molar-refractivity contribution in [2.24, 2.45) is 11.7 Å². The molecule has 1 amide bonds. The number of anilines is 1. The van der Waals surface area contributed by atoms with E-state index in [1.165, 1.54) is 25.7 Å². The first kappa shape index (κ1) is 14.1. The van der Waals surface area contributed by atoms with Crippen molar-refractivity contribution in [2.75, 3.05) is 11.9 Å². The Morgan fingerprint density at radius 2 is 1.95 bits per heavy atom. The lowest BCUT2D eigenvalue weighted by Gasteiger charge is -2.23. The van der Waals surface area contributed by atoms with E-state index in [2.05, 4.69) is 0 Å². The van der Waals surface area contributed by atoms with Crippen LogP contribution in [0.1, 0.15) is 44.1 Å². The fourth-order valence-electron chi connectivity index (χ4n) is 2.82. The molecule has 0 atom stereocenters. The van der Waals surface area contributed by atoms with E-state index in [1.54, 1.807) is 4.90 Å². The molecule has 104 valence electrons. The molecule has 0 spiro atoms. The molecule has 1 aromatic rings. The van der Waals surface area contributed by atoms with E-state index in [-0.39, 0.29) is 11.8 Å². The first-order valence-electron chi connectivity index (χ1n) is 7.29. The highest BCUT2D eigenvalue weighted by Gasteiger charge is 2.23. The average Bonchev–Trinajstić information content (AvgIpc) is 2.75. The van der Waals surface area contributed by atoms with Crippen LogP contribution in [0.25, 0.3) is 0 Å².